The molecule has 1 aromatic heterocycles. The molecule has 2 amide bonds. The molecule has 1 atom stereocenters. The Morgan fingerprint density at radius 1 is 1.30 bits per heavy atom. The van der Waals surface area contributed by atoms with Crippen molar-refractivity contribution in [3.05, 3.63) is 64.5 Å². The molecule has 1 heterocycles. The summed E-state index contributed by atoms with van der Waals surface area (Å²) in [4.78, 5) is 29.2. The fraction of sp³-hybridized carbons (Fsp3) is 0.211. The number of carbonyl (C=O) groups is 1. The smallest absolute Gasteiger partial charge is 0.319 e. The number of nitrogens with zero attached hydrogens (tertiary/aromatic N) is 2. The number of hydrogen-bond acceptors (Lipinski definition) is 4. The van der Waals surface area contributed by atoms with Crippen LogP contribution in [0.15, 0.2) is 47.3 Å². The van der Waals surface area contributed by atoms with Gasteiger partial charge in [-0.1, -0.05) is 6.07 Å². The van der Waals surface area contributed by atoms with Crippen molar-refractivity contribution in [1.29, 1.82) is 0 Å². The predicted molar refractivity (Wildman–Crippen MR) is 103 cm³/mol. The van der Waals surface area contributed by atoms with Gasteiger partial charge in [0.1, 0.15) is 11.6 Å². The molecule has 3 aromatic rings. The van der Waals surface area contributed by atoms with E-state index in [-0.39, 0.29) is 11.4 Å². The van der Waals surface area contributed by atoms with Crippen molar-refractivity contribution in [2.45, 2.75) is 19.9 Å². The van der Waals surface area contributed by atoms with E-state index in [0.29, 0.717) is 29.3 Å². The van der Waals surface area contributed by atoms with Gasteiger partial charge in [0, 0.05) is 12.2 Å². The van der Waals surface area contributed by atoms with Gasteiger partial charge in [-0.3, -0.25) is 9.36 Å². The van der Waals surface area contributed by atoms with E-state index in [4.69, 9.17) is 5.73 Å². The second kappa shape index (κ2) is 7.55. The highest BCUT2D eigenvalue weighted by molar-refractivity contribution is 5.89. The van der Waals surface area contributed by atoms with Crippen LogP contribution in [-0.2, 0) is 0 Å². The number of halogens is 1. The Kier molecular flexibility index (Phi) is 5.18. The Hall–Kier alpha value is -3.26. The first kappa shape index (κ1) is 18.5. The van der Waals surface area contributed by atoms with Gasteiger partial charge in [-0.2, -0.15) is 0 Å². The Labute approximate surface area is 155 Å². The van der Waals surface area contributed by atoms with Gasteiger partial charge < -0.3 is 16.4 Å². The molecule has 0 bridgehead atoms. The Morgan fingerprint density at radius 3 is 2.78 bits per heavy atom. The van der Waals surface area contributed by atoms with Crippen LogP contribution in [0, 0.1) is 5.82 Å². The highest BCUT2D eigenvalue weighted by Gasteiger charge is 2.16. The number of carbonyl (C=O) groups excluding carboxylic acids is 1. The van der Waals surface area contributed by atoms with Crippen LogP contribution in [0.3, 0.4) is 0 Å². The minimum atomic E-state index is -0.535. The van der Waals surface area contributed by atoms with Gasteiger partial charge in [0.25, 0.3) is 5.56 Å². The number of fused-ring (bicyclic) bond motifs is 1. The molecule has 0 fully saturated rings. The largest absolute Gasteiger partial charge is 0.338 e. The molecule has 0 spiro atoms. The molecule has 0 saturated carbocycles. The molecule has 0 aliphatic rings. The Balaban J connectivity index is 2.18. The van der Waals surface area contributed by atoms with E-state index in [1.54, 1.807) is 31.2 Å². The van der Waals surface area contributed by atoms with Crippen molar-refractivity contribution in [2.24, 2.45) is 5.73 Å². The molecule has 1 unspecified atom stereocenters. The zero-order valence-corrected chi connectivity index (χ0v) is 15.0. The monoisotopic (exact) mass is 369 g/mol. The molecule has 0 aliphatic heterocycles. The maximum absolute atomic E-state index is 13.6. The number of amides is 2. The number of aromatic nitrogens is 2. The van der Waals surface area contributed by atoms with Crippen LogP contribution < -0.4 is 21.9 Å². The molecule has 0 aliphatic carbocycles. The molecule has 0 saturated heterocycles. The number of urea groups is 1. The molecule has 4 N–H and O–H groups in total. The summed E-state index contributed by atoms with van der Waals surface area (Å²) >= 11 is 0. The van der Waals surface area contributed by atoms with Crippen LogP contribution in [0.4, 0.5) is 14.9 Å². The number of anilines is 1. The van der Waals surface area contributed by atoms with E-state index in [1.165, 1.54) is 16.7 Å². The third-order valence-electron chi connectivity index (χ3n) is 3.96. The van der Waals surface area contributed by atoms with Crippen LogP contribution in [0.5, 0.6) is 0 Å². The molecule has 0 radical (unpaired) electrons. The molecule has 27 heavy (non-hydrogen) atoms. The second-order valence-corrected chi connectivity index (χ2v) is 6.10. The topological polar surface area (TPSA) is 102 Å². The van der Waals surface area contributed by atoms with E-state index in [9.17, 15) is 14.0 Å². The third-order valence-corrected chi connectivity index (χ3v) is 3.96. The average molecular weight is 369 g/mol. The van der Waals surface area contributed by atoms with Crippen molar-refractivity contribution < 1.29 is 9.18 Å². The summed E-state index contributed by atoms with van der Waals surface area (Å²) in [5.74, 6) is -0.178. The summed E-state index contributed by atoms with van der Waals surface area (Å²) in [6.07, 6.45) is 0. The second-order valence-electron chi connectivity index (χ2n) is 6.10. The maximum atomic E-state index is 13.6. The fourth-order valence-electron chi connectivity index (χ4n) is 2.79. The predicted octanol–water partition coefficient (Wildman–Crippen LogP) is 2.69. The van der Waals surface area contributed by atoms with E-state index in [1.807, 2.05) is 6.92 Å². The first-order valence-corrected chi connectivity index (χ1v) is 8.53. The highest BCUT2D eigenvalue weighted by atomic mass is 19.1. The molecule has 7 nitrogen and oxygen atoms in total. The summed E-state index contributed by atoms with van der Waals surface area (Å²) in [5, 5.41) is 5.48. The standard InChI is InChI=1S/C19H20FN5O2/c1-3-22-19(27)23-13-5-4-6-14(10-13)25-17(11(2)21)24-16-8-7-12(20)9-15(16)18(25)26/h4-11H,3,21H2,1-2H3,(H2,22,23,27). The van der Waals surface area contributed by atoms with Crippen LogP contribution in [-0.4, -0.2) is 22.1 Å². The summed E-state index contributed by atoms with van der Waals surface area (Å²) < 4.78 is 15.0. The van der Waals surface area contributed by atoms with Gasteiger partial charge in [-0.15, -0.1) is 0 Å². The zero-order valence-electron chi connectivity index (χ0n) is 15.0. The minimum Gasteiger partial charge on any atom is -0.338 e. The summed E-state index contributed by atoms with van der Waals surface area (Å²) in [5.41, 5.74) is 6.94. The zero-order chi connectivity index (χ0) is 19.6. The maximum Gasteiger partial charge on any atom is 0.319 e. The van der Waals surface area contributed by atoms with Crippen molar-refractivity contribution >= 4 is 22.6 Å². The molecule has 140 valence electrons. The van der Waals surface area contributed by atoms with Crippen molar-refractivity contribution in [3.8, 4) is 5.69 Å². The lowest BCUT2D eigenvalue weighted by Crippen LogP contribution is -2.29. The van der Waals surface area contributed by atoms with E-state index < -0.39 is 17.4 Å². The van der Waals surface area contributed by atoms with Gasteiger partial charge in [-0.25, -0.2) is 14.2 Å². The molecule has 2 aromatic carbocycles. The summed E-state index contributed by atoms with van der Waals surface area (Å²) in [7, 11) is 0. The Morgan fingerprint density at radius 2 is 2.07 bits per heavy atom. The van der Waals surface area contributed by atoms with Crippen molar-refractivity contribution in [2.75, 3.05) is 11.9 Å². The van der Waals surface area contributed by atoms with Gasteiger partial charge in [0.2, 0.25) is 0 Å². The first-order valence-electron chi connectivity index (χ1n) is 8.53. The summed E-state index contributed by atoms with van der Waals surface area (Å²) in [6.45, 7) is 4.01. The number of nitrogens with one attached hydrogen (secondary N) is 2. The lowest BCUT2D eigenvalue weighted by Gasteiger charge is -2.17. The van der Waals surface area contributed by atoms with E-state index in [0.717, 1.165) is 6.07 Å². The minimum absolute atomic E-state index is 0.154. The van der Waals surface area contributed by atoms with E-state index in [2.05, 4.69) is 15.6 Å². The van der Waals surface area contributed by atoms with Crippen molar-refractivity contribution in [1.82, 2.24) is 14.9 Å². The first-order chi connectivity index (χ1) is 12.9. The van der Waals surface area contributed by atoms with Gasteiger partial charge in [0.15, 0.2) is 0 Å². The third kappa shape index (κ3) is 3.80. The van der Waals surface area contributed by atoms with Crippen LogP contribution in [0.2, 0.25) is 0 Å². The normalized spacial score (nSPS) is 12.0. The van der Waals surface area contributed by atoms with Crippen LogP contribution in [0.1, 0.15) is 25.7 Å². The molecular formula is C19H20FN5O2. The van der Waals surface area contributed by atoms with Gasteiger partial charge in [-0.05, 0) is 50.2 Å². The average Bonchev–Trinajstić information content (AvgIpc) is 2.62. The van der Waals surface area contributed by atoms with Gasteiger partial charge >= 0.3 is 6.03 Å². The van der Waals surface area contributed by atoms with Crippen LogP contribution >= 0.6 is 0 Å². The number of hydrogen-bond donors (Lipinski definition) is 3. The lowest BCUT2D eigenvalue weighted by atomic mass is 10.2. The quantitative estimate of drug-likeness (QED) is 0.658. The number of nitrogens with two attached hydrogens (primary N) is 1. The summed E-state index contributed by atoms with van der Waals surface area (Å²) in [6, 6.07) is 9.70. The van der Waals surface area contributed by atoms with Gasteiger partial charge in [0.05, 0.1) is 22.6 Å². The number of benzene rings is 2. The molecule has 8 heteroatoms. The Bertz CT molecular complexity index is 1060. The molecular weight excluding hydrogens is 349 g/mol. The number of rotatable bonds is 4. The SMILES string of the molecule is CCNC(=O)Nc1cccc(-n2c(C(C)N)nc3ccc(F)cc3c2=O)c1. The van der Waals surface area contributed by atoms with E-state index >= 15 is 0 Å². The van der Waals surface area contributed by atoms with Crippen molar-refractivity contribution in [3.63, 3.8) is 0 Å². The highest BCUT2D eigenvalue weighted by Crippen LogP contribution is 2.20. The molecule has 3 rings (SSSR count). The fourth-order valence-corrected chi connectivity index (χ4v) is 2.79. The lowest BCUT2D eigenvalue weighted by molar-refractivity contribution is 0.252. The van der Waals surface area contributed by atoms with Crippen LogP contribution in [0.25, 0.3) is 16.6 Å².